The van der Waals surface area contributed by atoms with Crippen molar-refractivity contribution < 1.29 is 14.3 Å². The van der Waals surface area contributed by atoms with Gasteiger partial charge in [0.25, 0.3) is 11.6 Å². The van der Waals surface area contributed by atoms with E-state index in [0.717, 1.165) is 0 Å². The molecule has 3 N–H and O–H groups in total. The number of benzene rings is 1. The maximum Gasteiger partial charge on any atom is 0.293 e. The molecule has 0 fully saturated rings. The molecule has 0 spiro atoms. The van der Waals surface area contributed by atoms with Gasteiger partial charge in [-0.3, -0.25) is 14.9 Å². The summed E-state index contributed by atoms with van der Waals surface area (Å²) < 4.78 is 5.69. The van der Waals surface area contributed by atoms with E-state index >= 15 is 0 Å². The average molecular weight is 357 g/mol. The molecule has 13 heteroatoms. The van der Waals surface area contributed by atoms with Gasteiger partial charge in [0, 0.05) is 12.1 Å². The third-order valence-electron chi connectivity index (χ3n) is 3.29. The second-order valence-corrected chi connectivity index (χ2v) is 4.96. The zero-order chi connectivity index (χ0) is 18.7. The molecule has 2 heterocycles. The summed E-state index contributed by atoms with van der Waals surface area (Å²) in [4.78, 5) is 22.2. The molecule has 3 rings (SSSR count). The first-order chi connectivity index (χ1) is 12.5. The first-order valence-corrected chi connectivity index (χ1v) is 7.06. The number of hydrazone groups is 1. The molecule has 0 unspecified atom stereocenters. The van der Waals surface area contributed by atoms with Crippen LogP contribution in [0.2, 0.25) is 0 Å². The molecule has 13 nitrogen and oxygen atoms in total. The van der Waals surface area contributed by atoms with E-state index in [0.29, 0.717) is 11.3 Å². The van der Waals surface area contributed by atoms with Crippen LogP contribution in [0.25, 0.3) is 5.82 Å². The summed E-state index contributed by atoms with van der Waals surface area (Å²) in [7, 11) is 0. The van der Waals surface area contributed by atoms with Gasteiger partial charge in [-0.05, 0) is 34.9 Å². The predicted octanol–water partition coefficient (Wildman–Crippen LogP) is 0.213. The van der Waals surface area contributed by atoms with Crippen molar-refractivity contribution in [2.24, 2.45) is 5.10 Å². The molecule has 26 heavy (non-hydrogen) atoms. The molecule has 0 radical (unpaired) electrons. The van der Waals surface area contributed by atoms with Crippen LogP contribution in [0.5, 0.6) is 0 Å². The van der Waals surface area contributed by atoms with Gasteiger partial charge in [0.2, 0.25) is 11.6 Å². The fourth-order valence-electron chi connectivity index (χ4n) is 1.98. The Bertz CT molecular complexity index is 989. The number of hydrogen-bond donors (Lipinski definition) is 2. The largest absolute Gasteiger partial charge is 0.378 e. The number of nitro benzene ring substituents is 1. The minimum atomic E-state index is -0.609. The van der Waals surface area contributed by atoms with Crippen molar-refractivity contribution in [2.75, 3.05) is 5.73 Å². The Kier molecular flexibility index (Phi) is 4.34. The van der Waals surface area contributed by atoms with Crippen LogP contribution in [0.4, 0.5) is 11.5 Å². The van der Waals surface area contributed by atoms with Crippen molar-refractivity contribution >= 4 is 23.6 Å². The summed E-state index contributed by atoms with van der Waals surface area (Å²) in [6.07, 6.45) is 1.33. The van der Waals surface area contributed by atoms with E-state index in [1.807, 2.05) is 0 Å². The second kappa shape index (κ2) is 6.76. The Labute approximate surface area is 144 Å². The molecule has 0 aliphatic carbocycles. The SMILES string of the molecule is Cc1c(C(=O)N/N=C\c2ccc([N+](=O)[O-])cc2)nnn1-c1nonc1N. The lowest BCUT2D eigenvalue weighted by atomic mass is 10.2. The highest BCUT2D eigenvalue weighted by molar-refractivity contribution is 5.94. The smallest absolute Gasteiger partial charge is 0.293 e. The van der Waals surface area contributed by atoms with Crippen LogP contribution < -0.4 is 11.2 Å². The summed E-state index contributed by atoms with van der Waals surface area (Å²) in [5.74, 6) is -0.494. The Morgan fingerprint density at radius 3 is 2.73 bits per heavy atom. The lowest BCUT2D eigenvalue weighted by Crippen LogP contribution is -2.19. The van der Waals surface area contributed by atoms with Crippen molar-refractivity contribution in [1.29, 1.82) is 0 Å². The zero-order valence-corrected chi connectivity index (χ0v) is 13.2. The Morgan fingerprint density at radius 1 is 1.38 bits per heavy atom. The molecule has 132 valence electrons. The summed E-state index contributed by atoms with van der Waals surface area (Å²) >= 11 is 0. The number of amides is 1. The number of nitrogens with one attached hydrogen (secondary N) is 1. The Balaban J connectivity index is 1.70. The van der Waals surface area contributed by atoms with E-state index in [9.17, 15) is 14.9 Å². The standard InChI is InChI=1S/C13H11N9O4/c1-7-10(16-20-21(7)12-11(14)18-26-19-12)13(23)17-15-6-8-2-4-9(5-3-8)22(24)25/h2-6H,1H3,(H2,14,18)(H,17,23)/b15-6-. The number of rotatable bonds is 5. The number of anilines is 1. The van der Waals surface area contributed by atoms with E-state index in [-0.39, 0.29) is 23.0 Å². The normalized spacial score (nSPS) is 11.0. The first kappa shape index (κ1) is 16.7. The maximum absolute atomic E-state index is 12.1. The Hall–Kier alpha value is -4.16. The summed E-state index contributed by atoms with van der Waals surface area (Å²) in [6.45, 7) is 1.59. The van der Waals surface area contributed by atoms with Crippen molar-refractivity contribution in [1.82, 2.24) is 30.7 Å². The first-order valence-electron chi connectivity index (χ1n) is 7.06. The van der Waals surface area contributed by atoms with Crippen molar-refractivity contribution in [3.05, 3.63) is 51.3 Å². The number of nitrogens with two attached hydrogens (primary N) is 1. The predicted molar refractivity (Wildman–Crippen MR) is 86.5 cm³/mol. The molecular weight excluding hydrogens is 346 g/mol. The highest BCUT2D eigenvalue weighted by Gasteiger charge is 2.20. The van der Waals surface area contributed by atoms with Crippen LogP contribution >= 0.6 is 0 Å². The topological polar surface area (TPSA) is 180 Å². The molecule has 0 saturated heterocycles. The molecule has 0 bridgehead atoms. The van der Waals surface area contributed by atoms with Crippen LogP contribution in [0.1, 0.15) is 21.7 Å². The molecule has 3 aromatic rings. The van der Waals surface area contributed by atoms with E-state index in [4.69, 9.17) is 5.73 Å². The number of nitro groups is 1. The van der Waals surface area contributed by atoms with Gasteiger partial charge in [0.05, 0.1) is 16.8 Å². The molecule has 0 aliphatic heterocycles. The number of carbonyl (C=O) groups is 1. The fourth-order valence-corrected chi connectivity index (χ4v) is 1.98. The van der Waals surface area contributed by atoms with E-state index in [2.05, 4.69) is 35.8 Å². The minimum absolute atomic E-state index is 0.00106. The van der Waals surface area contributed by atoms with Crippen LogP contribution in [0.15, 0.2) is 34.0 Å². The molecule has 0 aliphatic rings. The number of aromatic nitrogens is 5. The van der Waals surface area contributed by atoms with Gasteiger partial charge in [-0.25, -0.2) is 10.1 Å². The molecule has 0 atom stereocenters. The summed E-state index contributed by atoms with van der Waals surface area (Å²) in [6, 6.07) is 5.65. The quantitative estimate of drug-likeness (QED) is 0.366. The van der Waals surface area contributed by atoms with Gasteiger partial charge in [0.15, 0.2) is 5.69 Å². The Morgan fingerprint density at radius 2 is 2.12 bits per heavy atom. The van der Waals surface area contributed by atoms with Gasteiger partial charge in [-0.15, -0.1) is 5.10 Å². The number of non-ortho nitro benzene ring substituents is 1. The van der Waals surface area contributed by atoms with Gasteiger partial charge in [0.1, 0.15) is 0 Å². The molecule has 1 amide bonds. The molecule has 2 aromatic heterocycles. The van der Waals surface area contributed by atoms with Crippen molar-refractivity contribution in [2.45, 2.75) is 6.92 Å². The van der Waals surface area contributed by atoms with E-state index in [1.54, 1.807) is 6.92 Å². The summed E-state index contributed by atoms with van der Waals surface area (Å²) in [5.41, 5.74) is 8.76. The number of nitrogens with zero attached hydrogens (tertiary/aromatic N) is 7. The van der Waals surface area contributed by atoms with Crippen LogP contribution in [-0.2, 0) is 0 Å². The van der Waals surface area contributed by atoms with E-state index < -0.39 is 10.8 Å². The maximum atomic E-state index is 12.1. The van der Waals surface area contributed by atoms with E-state index in [1.165, 1.54) is 35.2 Å². The van der Waals surface area contributed by atoms with Crippen LogP contribution in [0.3, 0.4) is 0 Å². The number of carbonyl (C=O) groups excluding carboxylic acids is 1. The number of hydrogen-bond acceptors (Lipinski definition) is 10. The average Bonchev–Trinajstić information content (AvgIpc) is 3.20. The van der Waals surface area contributed by atoms with Gasteiger partial charge >= 0.3 is 0 Å². The lowest BCUT2D eigenvalue weighted by Gasteiger charge is -1.99. The van der Waals surface area contributed by atoms with Gasteiger partial charge < -0.3 is 5.73 Å². The highest BCUT2D eigenvalue weighted by Crippen LogP contribution is 2.14. The van der Waals surface area contributed by atoms with Crippen molar-refractivity contribution in [3.63, 3.8) is 0 Å². The zero-order valence-electron chi connectivity index (χ0n) is 13.2. The minimum Gasteiger partial charge on any atom is -0.378 e. The molecule has 1 aromatic carbocycles. The molecular formula is C13H11N9O4. The fraction of sp³-hybridized carbons (Fsp3) is 0.0769. The monoisotopic (exact) mass is 357 g/mol. The van der Waals surface area contributed by atoms with Gasteiger partial charge in [-0.1, -0.05) is 5.21 Å². The second-order valence-electron chi connectivity index (χ2n) is 4.96. The van der Waals surface area contributed by atoms with Crippen LogP contribution in [0, 0.1) is 17.0 Å². The lowest BCUT2D eigenvalue weighted by molar-refractivity contribution is -0.384. The highest BCUT2D eigenvalue weighted by atomic mass is 16.6. The molecule has 0 saturated carbocycles. The van der Waals surface area contributed by atoms with Crippen LogP contribution in [-0.4, -0.2) is 42.4 Å². The summed E-state index contributed by atoms with van der Waals surface area (Å²) in [5, 5.41) is 28.9. The van der Waals surface area contributed by atoms with Gasteiger partial charge in [-0.2, -0.15) is 9.78 Å². The van der Waals surface area contributed by atoms with Crippen molar-refractivity contribution in [3.8, 4) is 5.82 Å². The third-order valence-corrected chi connectivity index (χ3v) is 3.29. The third kappa shape index (κ3) is 3.21. The number of nitrogen functional groups attached to an aromatic ring is 1.